The lowest BCUT2D eigenvalue weighted by Crippen LogP contribution is -2.21. The van der Waals surface area contributed by atoms with E-state index < -0.39 is 10.0 Å². The van der Waals surface area contributed by atoms with Crippen molar-refractivity contribution in [2.24, 2.45) is 0 Å². The van der Waals surface area contributed by atoms with Gasteiger partial charge in [-0.25, -0.2) is 13.1 Å². The molecule has 4 heteroatoms. The molecule has 0 spiro atoms. The summed E-state index contributed by atoms with van der Waals surface area (Å²) in [5.74, 6) is 0. The third kappa shape index (κ3) is 11.3. The van der Waals surface area contributed by atoms with Crippen molar-refractivity contribution in [3.05, 3.63) is 23.3 Å². The Morgan fingerprint density at radius 3 is 2.27 bits per heavy atom. The van der Waals surface area contributed by atoms with Crippen molar-refractivity contribution >= 4 is 10.0 Å². The molecule has 0 radical (unpaired) electrons. The molecule has 0 unspecified atom stereocenters. The zero-order chi connectivity index (χ0) is 11.9. The molecular formula is C11H21NO2S. The second-order valence-corrected chi connectivity index (χ2v) is 5.82. The maximum Gasteiger partial charge on any atom is 0.208 e. The van der Waals surface area contributed by atoms with E-state index in [1.165, 1.54) is 17.4 Å². The average Bonchev–Trinajstić information content (AvgIpc) is 2.00. The largest absolute Gasteiger partial charge is 0.213 e. The van der Waals surface area contributed by atoms with E-state index in [0.29, 0.717) is 6.54 Å². The van der Waals surface area contributed by atoms with E-state index >= 15 is 0 Å². The van der Waals surface area contributed by atoms with Crippen molar-refractivity contribution in [1.29, 1.82) is 0 Å². The Morgan fingerprint density at radius 2 is 1.80 bits per heavy atom. The SMILES string of the molecule is CC(C)=CCC/C(C)=C/CNS(C)(=O)=O. The molecule has 0 atom stereocenters. The third-order valence-corrected chi connectivity index (χ3v) is 2.58. The van der Waals surface area contributed by atoms with Crippen LogP contribution in [0.4, 0.5) is 0 Å². The van der Waals surface area contributed by atoms with Crippen LogP contribution in [0.25, 0.3) is 0 Å². The molecule has 0 saturated heterocycles. The number of hydrogen-bond donors (Lipinski definition) is 1. The van der Waals surface area contributed by atoms with Gasteiger partial charge in [-0.05, 0) is 33.6 Å². The molecule has 0 aliphatic rings. The quantitative estimate of drug-likeness (QED) is 0.713. The Balaban J connectivity index is 3.85. The molecule has 0 amide bonds. The molecule has 0 aromatic rings. The molecule has 3 nitrogen and oxygen atoms in total. The van der Waals surface area contributed by atoms with E-state index in [1.807, 2.05) is 13.0 Å². The Kier molecular flexibility index (Phi) is 6.52. The lowest BCUT2D eigenvalue weighted by molar-refractivity contribution is 0.591. The van der Waals surface area contributed by atoms with Crippen LogP contribution in [0.5, 0.6) is 0 Å². The van der Waals surface area contributed by atoms with Crippen LogP contribution >= 0.6 is 0 Å². The monoisotopic (exact) mass is 231 g/mol. The van der Waals surface area contributed by atoms with Gasteiger partial charge in [-0.3, -0.25) is 0 Å². The van der Waals surface area contributed by atoms with E-state index in [-0.39, 0.29) is 0 Å². The minimum atomic E-state index is -3.06. The molecule has 0 rings (SSSR count). The van der Waals surface area contributed by atoms with Gasteiger partial charge >= 0.3 is 0 Å². The van der Waals surface area contributed by atoms with Crippen molar-refractivity contribution in [3.63, 3.8) is 0 Å². The predicted molar refractivity (Wildman–Crippen MR) is 65.3 cm³/mol. The fourth-order valence-corrected chi connectivity index (χ4v) is 1.44. The summed E-state index contributed by atoms with van der Waals surface area (Å²) in [5.41, 5.74) is 2.53. The highest BCUT2D eigenvalue weighted by Crippen LogP contribution is 2.05. The first-order valence-electron chi connectivity index (χ1n) is 5.05. The van der Waals surface area contributed by atoms with Gasteiger partial charge in [0.2, 0.25) is 10.0 Å². The fourth-order valence-electron chi connectivity index (χ4n) is 1.06. The molecule has 0 aromatic carbocycles. The van der Waals surface area contributed by atoms with Gasteiger partial charge in [0.25, 0.3) is 0 Å². The highest BCUT2D eigenvalue weighted by Gasteiger charge is 1.96. The Bertz CT molecular complexity index is 336. The van der Waals surface area contributed by atoms with E-state index in [4.69, 9.17) is 0 Å². The van der Waals surface area contributed by atoms with Crippen LogP contribution in [0.2, 0.25) is 0 Å². The summed E-state index contributed by atoms with van der Waals surface area (Å²) < 4.78 is 24.0. The van der Waals surface area contributed by atoms with Gasteiger partial charge in [-0.2, -0.15) is 0 Å². The van der Waals surface area contributed by atoms with Gasteiger partial charge in [0.15, 0.2) is 0 Å². The topological polar surface area (TPSA) is 46.2 Å². The second kappa shape index (κ2) is 6.80. The summed E-state index contributed by atoms with van der Waals surface area (Å²) >= 11 is 0. The first kappa shape index (κ1) is 14.4. The Labute approximate surface area is 93.3 Å². The zero-order valence-corrected chi connectivity index (χ0v) is 10.8. The first-order valence-corrected chi connectivity index (χ1v) is 6.94. The molecule has 0 aliphatic heterocycles. The molecule has 88 valence electrons. The molecule has 15 heavy (non-hydrogen) atoms. The normalized spacial score (nSPS) is 12.7. The van der Waals surface area contributed by atoms with Crippen LogP contribution in [-0.2, 0) is 10.0 Å². The fraction of sp³-hybridized carbons (Fsp3) is 0.636. The molecule has 1 N–H and O–H groups in total. The molecular weight excluding hydrogens is 210 g/mol. The van der Waals surface area contributed by atoms with Crippen LogP contribution in [0.3, 0.4) is 0 Å². The lowest BCUT2D eigenvalue weighted by Gasteiger charge is -2.00. The Hall–Kier alpha value is -0.610. The summed E-state index contributed by atoms with van der Waals surface area (Å²) in [4.78, 5) is 0. The minimum Gasteiger partial charge on any atom is -0.213 e. The van der Waals surface area contributed by atoms with Crippen LogP contribution < -0.4 is 4.72 Å². The number of sulfonamides is 1. The molecule has 0 aliphatic carbocycles. The van der Waals surface area contributed by atoms with Gasteiger partial charge in [0.05, 0.1) is 6.26 Å². The van der Waals surface area contributed by atoms with Crippen molar-refractivity contribution < 1.29 is 8.42 Å². The third-order valence-electron chi connectivity index (χ3n) is 1.89. The molecule has 0 bridgehead atoms. The number of nitrogens with one attached hydrogen (secondary N) is 1. The summed E-state index contributed by atoms with van der Waals surface area (Å²) in [7, 11) is -3.06. The van der Waals surface area contributed by atoms with Crippen LogP contribution in [0.15, 0.2) is 23.3 Å². The van der Waals surface area contributed by atoms with Crippen molar-refractivity contribution in [2.45, 2.75) is 33.6 Å². The van der Waals surface area contributed by atoms with E-state index in [2.05, 4.69) is 24.6 Å². The van der Waals surface area contributed by atoms with Gasteiger partial charge in [0.1, 0.15) is 0 Å². The molecule has 0 saturated carbocycles. The standard InChI is InChI=1S/C11H21NO2S/c1-10(2)6-5-7-11(3)8-9-12-15(4,13)14/h6,8,12H,5,7,9H2,1-4H3/b11-8+. The van der Waals surface area contributed by atoms with Crippen LogP contribution in [-0.4, -0.2) is 21.2 Å². The maximum absolute atomic E-state index is 10.8. The highest BCUT2D eigenvalue weighted by atomic mass is 32.2. The van der Waals surface area contributed by atoms with Crippen molar-refractivity contribution in [1.82, 2.24) is 4.72 Å². The zero-order valence-electron chi connectivity index (χ0n) is 10.0. The smallest absolute Gasteiger partial charge is 0.208 e. The minimum absolute atomic E-state index is 0.388. The first-order chi connectivity index (χ1) is 6.81. The maximum atomic E-state index is 10.8. The predicted octanol–water partition coefficient (Wildman–Crippen LogP) is 2.23. The van der Waals surface area contributed by atoms with Gasteiger partial charge in [-0.15, -0.1) is 0 Å². The van der Waals surface area contributed by atoms with E-state index in [1.54, 1.807) is 0 Å². The lowest BCUT2D eigenvalue weighted by atomic mass is 10.1. The molecule has 0 aromatic heterocycles. The number of allylic oxidation sites excluding steroid dienone is 3. The summed E-state index contributed by atoms with van der Waals surface area (Å²) in [6.45, 7) is 6.55. The van der Waals surface area contributed by atoms with Crippen LogP contribution in [0, 0.1) is 0 Å². The number of rotatable bonds is 6. The van der Waals surface area contributed by atoms with E-state index in [9.17, 15) is 8.42 Å². The van der Waals surface area contributed by atoms with Crippen molar-refractivity contribution in [3.8, 4) is 0 Å². The van der Waals surface area contributed by atoms with E-state index in [0.717, 1.165) is 12.8 Å². The van der Waals surface area contributed by atoms with Gasteiger partial charge in [-0.1, -0.05) is 23.3 Å². The Morgan fingerprint density at radius 1 is 1.20 bits per heavy atom. The van der Waals surface area contributed by atoms with Crippen LogP contribution in [0.1, 0.15) is 33.6 Å². The van der Waals surface area contributed by atoms with Gasteiger partial charge in [0, 0.05) is 6.54 Å². The second-order valence-electron chi connectivity index (χ2n) is 3.99. The van der Waals surface area contributed by atoms with Crippen molar-refractivity contribution in [2.75, 3.05) is 12.8 Å². The molecule has 0 fully saturated rings. The average molecular weight is 231 g/mol. The summed E-state index contributed by atoms with van der Waals surface area (Å²) in [6.07, 6.45) is 7.26. The molecule has 0 heterocycles. The number of hydrogen-bond acceptors (Lipinski definition) is 2. The highest BCUT2D eigenvalue weighted by molar-refractivity contribution is 7.88. The summed E-state index contributed by atoms with van der Waals surface area (Å²) in [6, 6.07) is 0. The summed E-state index contributed by atoms with van der Waals surface area (Å²) in [5, 5.41) is 0. The van der Waals surface area contributed by atoms with Gasteiger partial charge < -0.3 is 0 Å².